The third kappa shape index (κ3) is 4.46. The van der Waals surface area contributed by atoms with E-state index in [1.165, 1.54) is 25.7 Å². The smallest absolute Gasteiger partial charge is 0.0525 e. The Kier molecular flexibility index (Phi) is 4.74. The molecular weight excluding hydrogens is 228 g/mol. The van der Waals surface area contributed by atoms with E-state index in [-0.39, 0.29) is 0 Å². The van der Waals surface area contributed by atoms with Gasteiger partial charge in [-0.15, -0.1) is 0 Å². The summed E-state index contributed by atoms with van der Waals surface area (Å²) < 4.78 is 5.67. The first kappa shape index (κ1) is 11.5. The molecule has 0 aliphatic heterocycles. The van der Waals surface area contributed by atoms with Gasteiger partial charge in [-0.25, -0.2) is 0 Å². The summed E-state index contributed by atoms with van der Waals surface area (Å²) in [6.07, 6.45) is 5.59. The summed E-state index contributed by atoms with van der Waals surface area (Å²) in [6.45, 7) is 6.29. The molecule has 1 aliphatic rings. The van der Waals surface area contributed by atoms with Crippen LogP contribution >= 0.6 is 15.9 Å². The second kappa shape index (κ2) is 5.35. The summed E-state index contributed by atoms with van der Waals surface area (Å²) in [6, 6.07) is 0. The molecule has 0 atom stereocenters. The predicted octanol–water partition coefficient (Wildman–Crippen LogP) is 3.61. The second-order valence-corrected chi connectivity index (χ2v) is 5.50. The molecule has 78 valence electrons. The average Bonchev–Trinajstić information content (AvgIpc) is 2.01. The summed E-state index contributed by atoms with van der Waals surface area (Å²) in [5.41, 5.74) is 0.291. The first-order valence-corrected chi connectivity index (χ1v) is 6.40. The van der Waals surface area contributed by atoms with Gasteiger partial charge in [0.1, 0.15) is 0 Å². The summed E-state index contributed by atoms with van der Waals surface area (Å²) in [5, 5.41) is 1.02. The van der Waals surface area contributed by atoms with Gasteiger partial charge in [-0.05, 0) is 17.8 Å². The zero-order chi connectivity index (χ0) is 9.73. The summed E-state index contributed by atoms with van der Waals surface area (Å²) >= 11 is 3.50. The van der Waals surface area contributed by atoms with E-state index in [1.54, 1.807) is 0 Å². The Balaban J connectivity index is 1.93. The third-order valence-electron chi connectivity index (χ3n) is 2.75. The minimum absolute atomic E-state index is 0.291. The number of rotatable bonds is 6. The van der Waals surface area contributed by atoms with Crippen LogP contribution < -0.4 is 0 Å². The highest BCUT2D eigenvalue weighted by atomic mass is 79.9. The van der Waals surface area contributed by atoms with Crippen molar-refractivity contribution in [3.8, 4) is 0 Å². The molecule has 0 heterocycles. The number of ether oxygens (including phenoxy) is 1. The fourth-order valence-electron chi connectivity index (χ4n) is 1.42. The quantitative estimate of drug-likeness (QED) is 0.516. The fourth-order valence-corrected chi connectivity index (χ4v) is 1.58. The lowest BCUT2D eigenvalue weighted by Crippen LogP contribution is -2.22. The van der Waals surface area contributed by atoms with E-state index >= 15 is 0 Å². The minimum atomic E-state index is 0.291. The van der Waals surface area contributed by atoms with E-state index < -0.39 is 0 Å². The van der Waals surface area contributed by atoms with Crippen LogP contribution in [0.25, 0.3) is 0 Å². The zero-order valence-corrected chi connectivity index (χ0v) is 10.4. The number of halogens is 1. The molecule has 2 heteroatoms. The van der Waals surface area contributed by atoms with E-state index in [9.17, 15) is 0 Å². The van der Waals surface area contributed by atoms with Crippen LogP contribution in [0.5, 0.6) is 0 Å². The third-order valence-corrected chi connectivity index (χ3v) is 4.27. The van der Waals surface area contributed by atoms with Crippen LogP contribution in [-0.2, 0) is 4.74 Å². The molecule has 1 aliphatic carbocycles. The van der Waals surface area contributed by atoms with Gasteiger partial charge in [0.25, 0.3) is 0 Å². The molecule has 0 aromatic rings. The van der Waals surface area contributed by atoms with Crippen molar-refractivity contribution in [2.75, 3.05) is 18.5 Å². The van der Waals surface area contributed by atoms with Crippen LogP contribution in [0, 0.1) is 11.3 Å². The molecule has 0 N–H and O–H groups in total. The van der Waals surface area contributed by atoms with Crippen molar-refractivity contribution in [1.29, 1.82) is 0 Å². The summed E-state index contributed by atoms with van der Waals surface area (Å²) in [4.78, 5) is 0. The van der Waals surface area contributed by atoms with E-state index in [0.717, 1.165) is 24.5 Å². The lowest BCUT2D eigenvalue weighted by molar-refractivity contribution is 0.0578. The molecule has 0 unspecified atom stereocenters. The van der Waals surface area contributed by atoms with Crippen molar-refractivity contribution in [2.24, 2.45) is 11.3 Å². The van der Waals surface area contributed by atoms with Crippen molar-refractivity contribution in [3.63, 3.8) is 0 Å². The van der Waals surface area contributed by atoms with Crippen molar-refractivity contribution >= 4 is 15.9 Å². The molecule has 0 aromatic carbocycles. The van der Waals surface area contributed by atoms with Gasteiger partial charge in [0.15, 0.2) is 0 Å². The lowest BCUT2D eigenvalue weighted by atomic mass is 9.83. The highest BCUT2D eigenvalue weighted by molar-refractivity contribution is 9.09. The molecule has 0 bridgehead atoms. The van der Waals surface area contributed by atoms with Crippen LogP contribution in [0.3, 0.4) is 0 Å². The maximum atomic E-state index is 5.67. The van der Waals surface area contributed by atoms with E-state index in [1.807, 2.05) is 0 Å². The molecule has 1 saturated carbocycles. The molecule has 0 amide bonds. The Hall–Kier alpha value is 0.440. The van der Waals surface area contributed by atoms with Crippen molar-refractivity contribution in [3.05, 3.63) is 0 Å². The number of hydrogen-bond acceptors (Lipinski definition) is 1. The predicted molar refractivity (Wildman–Crippen MR) is 60.4 cm³/mol. The Labute approximate surface area is 90.4 Å². The van der Waals surface area contributed by atoms with Crippen LogP contribution in [0.2, 0.25) is 0 Å². The van der Waals surface area contributed by atoms with Crippen LogP contribution in [0.1, 0.15) is 39.5 Å². The van der Waals surface area contributed by atoms with E-state index in [0.29, 0.717) is 5.41 Å². The topological polar surface area (TPSA) is 9.23 Å². The van der Waals surface area contributed by atoms with E-state index in [4.69, 9.17) is 4.74 Å². The van der Waals surface area contributed by atoms with Gasteiger partial charge in [0.2, 0.25) is 0 Å². The Morgan fingerprint density at radius 3 is 2.54 bits per heavy atom. The van der Waals surface area contributed by atoms with Gasteiger partial charge < -0.3 is 4.74 Å². The summed E-state index contributed by atoms with van der Waals surface area (Å²) in [5.74, 6) is 0.979. The van der Waals surface area contributed by atoms with Crippen LogP contribution in [0.15, 0.2) is 0 Å². The molecule has 1 fully saturated rings. The minimum Gasteiger partial charge on any atom is -0.381 e. The highest BCUT2D eigenvalue weighted by Gasteiger charge is 2.19. The van der Waals surface area contributed by atoms with Crippen LogP contribution in [0.4, 0.5) is 0 Å². The Morgan fingerprint density at radius 1 is 1.38 bits per heavy atom. The molecule has 0 radical (unpaired) electrons. The number of hydrogen-bond donors (Lipinski definition) is 0. The van der Waals surface area contributed by atoms with Crippen LogP contribution in [-0.4, -0.2) is 18.5 Å². The van der Waals surface area contributed by atoms with Gasteiger partial charge in [-0.2, -0.15) is 0 Å². The number of alkyl halides is 1. The fraction of sp³-hybridized carbons (Fsp3) is 1.00. The Bertz CT molecular complexity index is 141. The molecule has 13 heavy (non-hydrogen) atoms. The van der Waals surface area contributed by atoms with Gasteiger partial charge >= 0.3 is 0 Å². The molecule has 0 aromatic heterocycles. The Morgan fingerprint density at radius 2 is 2.08 bits per heavy atom. The molecule has 1 rings (SSSR count). The lowest BCUT2D eigenvalue weighted by Gasteiger charge is -2.26. The SMILES string of the molecule is CC(C)(CBr)COCCC1CCC1. The van der Waals surface area contributed by atoms with Crippen molar-refractivity contribution in [1.82, 2.24) is 0 Å². The molecule has 0 spiro atoms. The summed E-state index contributed by atoms with van der Waals surface area (Å²) in [7, 11) is 0. The highest BCUT2D eigenvalue weighted by Crippen LogP contribution is 2.29. The monoisotopic (exact) mass is 248 g/mol. The first-order chi connectivity index (χ1) is 6.14. The normalized spacial score (nSPS) is 18.7. The average molecular weight is 249 g/mol. The van der Waals surface area contributed by atoms with Gasteiger partial charge in [-0.3, -0.25) is 0 Å². The van der Waals surface area contributed by atoms with Gasteiger partial charge in [-0.1, -0.05) is 49.0 Å². The molecule has 1 nitrogen and oxygen atoms in total. The zero-order valence-electron chi connectivity index (χ0n) is 8.81. The maximum Gasteiger partial charge on any atom is 0.0525 e. The molecular formula is C11H21BrO. The largest absolute Gasteiger partial charge is 0.381 e. The second-order valence-electron chi connectivity index (χ2n) is 4.94. The van der Waals surface area contributed by atoms with Crippen molar-refractivity contribution in [2.45, 2.75) is 39.5 Å². The van der Waals surface area contributed by atoms with Crippen molar-refractivity contribution < 1.29 is 4.74 Å². The van der Waals surface area contributed by atoms with Gasteiger partial charge in [0, 0.05) is 11.9 Å². The van der Waals surface area contributed by atoms with E-state index in [2.05, 4.69) is 29.8 Å². The maximum absolute atomic E-state index is 5.67. The first-order valence-electron chi connectivity index (χ1n) is 5.28. The van der Waals surface area contributed by atoms with Gasteiger partial charge in [0.05, 0.1) is 6.61 Å². The standard InChI is InChI=1S/C11H21BrO/c1-11(2,8-12)9-13-7-6-10-4-3-5-10/h10H,3-9H2,1-2H3. The molecule has 0 saturated heterocycles.